The number of urea groups is 1. The summed E-state index contributed by atoms with van der Waals surface area (Å²) in [4.78, 5) is 35.9. The van der Waals surface area contributed by atoms with Gasteiger partial charge < -0.3 is 0 Å². The van der Waals surface area contributed by atoms with Crippen LogP contribution in [0.25, 0.3) is 10.8 Å². The molecule has 0 saturated carbocycles. The molecule has 2 aromatic rings. The number of nitrogens with zero attached hydrogens (tertiary/aromatic N) is 4. The number of rotatable bonds is 2. The van der Waals surface area contributed by atoms with Gasteiger partial charge in [-0.25, -0.2) is 4.79 Å². The summed E-state index contributed by atoms with van der Waals surface area (Å²) >= 11 is 0. The number of benzene rings is 2. The van der Waals surface area contributed by atoms with Crippen molar-refractivity contribution >= 4 is 39.6 Å². The van der Waals surface area contributed by atoms with Gasteiger partial charge in [0.15, 0.2) is 0 Å². The Kier molecular flexibility index (Phi) is 2.74. The normalized spacial score (nSPS) is 13.6. The van der Waals surface area contributed by atoms with Crippen molar-refractivity contribution in [1.82, 2.24) is 0 Å². The second-order valence-electron chi connectivity index (χ2n) is 4.87. The minimum absolute atomic E-state index is 0.0730. The fourth-order valence-corrected chi connectivity index (χ4v) is 2.72. The van der Waals surface area contributed by atoms with E-state index < -0.39 is 9.85 Å². The van der Waals surface area contributed by atoms with E-state index in [4.69, 9.17) is 0 Å². The first-order valence-corrected chi connectivity index (χ1v) is 6.24. The number of amides is 2. The number of hydrogen-bond acceptors (Lipinski definition) is 5. The monoisotopic (exact) mass is 302 g/mol. The summed E-state index contributed by atoms with van der Waals surface area (Å²) in [6.45, 7) is 0. The van der Waals surface area contributed by atoms with E-state index in [-0.39, 0.29) is 22.8 Å². The van der Waals surface area contributed by atoms with Gasteiger partial charge in [0, 0.05) is 31.6 Å². The van der Waals surface area contributed by atoms with Gasteiger partial charge in [-0.1, -0.05) is 0 Å². The highest BCUT2D eigenvalue weighted by molar-refractivity contribution is 6.22. The summed E-state index contributed by atoms with van der Waals surface area (Å²) in [6, 6.07) is 4.90. The fraction of sp³-hybridized carbons (Fsp3) is 0.154. The van der Waals surface area contributed by atoms with E-state index in [9.17, 15) is 25.0 Å². The lowest BCUT2D eigenvalue weighted by molar-refractivity contribution is -0.390. The second-order valence-corrected chi connectivity index (χ2v) is 4.87. The van der Waals surface area contributed by atoms with Gasteiger partial charge in [0.2, 0.25) is 0 Å². The molecule has 9 nitrogen and oxygen atoms in total. The fourth-order valence-electron chi connectivity index (χ4n) is 2.72. The Balaban J connectivity index is 2.56. The number of carbonyl (C=O) groups is 1. The molecule has 1 aliphatic rings. The molecular weight excluding hydrogens is 292 g/mol. The molecule has 0 unspecified atom stereocenters. The number of nitro groups is 2. The molecule has 3 rings (SSSR count). The first-order chi connectivity index (χ1) is 10.3. The first-order valence-electron chi connectivity index (χ1n) is 6.24. The molecule has 0 radical (unpaired) electrons. The second kappa shape index (κ2) is 4.38. The Labute approximate surface area is 123 Å². The van der Waals surface area contributed by atoms with Gasteiger partial charge >= 0.3 is 6.03 Å². The van der Waals surface area contributed by atoms with E-state index in [1.807, 2.05) is 0 Å². The molecule has 0 saturated heterocycles. The summed E-state index contributed by atoms with van der Waals surface area (Å²) in [7, 11) is 3.03. The number of carbonyl (C=O) groups excluding carboxylic acids is 1. The van der Waals surface area contributed by atoms with Gasteiger partial charge in [-0.05, 0) is 12.1 Å². The van der Waals surface area contributed by atoms with Crippen LogP contribution in [0.3, 0.4) is 0 Å². The van der Waals surface area contributed by atoms with Crippen molar-refractivity contribution in [3.63, 3.8) is 0 Å². The molecule has 0 atom stereocenters. The van der Waals surface area contributed by atoms with E-state index in [0.717, 1.165) is 0 Å². The summed E-state index contributed by atoms with van der Waals surface area (Å²) in [6.07, 6.45) is 0. The minimum Gasteiger partial charge on any atom is -0.296 e. The third-order valence-electron chi connectivity index (χ3n) is 3.76. The van der Waals surface area contributed by atoms with Gasteiger partial charge in [0.05, 0.1) is 21.2 Å². The topological polar surface area (TPSA) is 110 Å². The largest absolute Gasteiger partial charge is 0.328 e. The van der Waals surface area contributed by atoms with Crippen LogP contribution in [-0.4, -0.2) is 30.0 Å². The predicted molar refractivity (Wildman–Crippen MR) is 79.5 cm³/mol. The SMILES string of the molecule is CN1C(=O)N(C)c2ccc([N+](=O)[O-])c3c([N+](=O)[O-])ccc1c23. The molecule has 2 amide bonds. The van der Waals surface area contributed by atoms with Crippen LogP contribution in [0.4, 0.5) is 27.5 Å². The molecule has 1 aliphatic heterocycles. The van der Waals surface area contributed by atoms with Crippen LogP contribution in [0.5, 0.6) is 0 Å². The van der Waals surface area contributed by atoms with Crippen LogP contribution >= 0.6 is 0 Å². The van der Waals surface area contributed by atoms with Crippen molar-refractivity contribution in [2.75, 3.05) is 23.9 Å². The molecule has 2 aromatic carbocycles. The lowest BCUT2D eigenvalue weighted by Crippen LogP contribution is -2.41. The average molecular weight is 302 g/mol. The van der Waals surface area contributed by atoms with Crippen molar-refractivity contribution in [2.45, 2.75) is 0 Å². The molecule has 0 fully saturated rings. The van der Waals surface area contributed by atoms with Crippen LogP contribution < -0.4 is 9.80 Å². The van der Waals surface area contributed by atoms with Crippen LogP contribution in [0.15, 0.2) is 24.3 Å². The van der Waals surface area contributed by atoms with Crippen molar-refractivity contribution in [2.24, 2.45) is 0 Å². The van der Waals surface area contributed by atoms with E-state index in [1.165, 1.54) is 48.2 Å². The maximum Gasteiger partial charge on any atom is 0.328 e. The lowest BCUT2D eigenvalue weighted by Gasteiger charge is -2.32. The molecule has 9 heteroatoms. The highest BCUT2D eigenvalue weighted by atomic mass is 16.6. The molecule has 112 valence electrons. The quantitative estimate of drug-likeness (QED) is 0.625. The third kappa shape index (κ3) is 1.62. The number of nitro benzene ring substituents is 2. The van der Waals surface area contributed by atoms with Crippen molar-refractivity contribution in [1.29, 1.82) is 0 Å². The number of anilines is 2. The standard InChI is InChI=1S/C13H10N4O5/c1-14-7-3-5-9(16(19)20)12-10(17(21)22)6-4-8(11(7)12)15(2)13(14)18/h3-6H,1-2H3. The maximum absolute atomic E-state index is 12.1. The number of hydrogen-bond donors (Lipinski definition) is 0. The molecule has 0 N–H and O–H groups in total. The van der Waals surface area contributed by atoms with Crippen molar-refractivity contribution in [3.8, 4) is 0 Å². The molecule has 1 heterocycles. The predicted octanol–water partition coefficient (Wildman–Crippen LogP) is 2.66. The zero-order valence-electron chi connectivity index (χ0n) is 11.6. The van der Waals surface area contributed by atoms with Crippen LogP contribution in [-0.2, 0) is 0 Å². The zero-order chi connectivity index (χ0) is 16.2. The molecule has 0 aliphatic carbocycles. The summed E-state index contributed by atoms with van der Waals surface area (Å²) in [5.74, 6) is 0. The van der Waals surface area contributed by atoms with Gasteiger partial charge in [-0.15, -0.1) is 0 Å². The molecular formula is C13H10N4O5. The minimum atomic E-state index is -0.660. The average Bonchev–Trinajstić information content (AvgIpc) is 2.48. The highest BCUT2D eigenvalue weighted by Crippen LogP contribution is 2.46. The summed E-state index contributed by atoms with van der Waals surface area (Å²) < 4.78 is 0. The van der Waals surface area contributed by atoms with Gasteiger partial charge in [-0.3, -0.25) is 30.0 Å². The maximum atomic E-state index is 12.1. The van der Waals surface area contributed by atoms with Crippen LogP contribution in [0.1, 0.15) is 0 Å². The lowest BCUT2D eigenvalue weighted by atomic mass is 10.0. The molecule has 0 aromatic heterocycles. The summed E-state index contributed by atoms with van der Waals surface area (Å²) in [5.41, 5.74) is 0.0942. The molecule has 22 heavy (non-hydrogen) atoms. The van der Waals surface area contributed by atoms with Crippen molar-refractivity contribution in [3.05, 3.63) is 44.5 Å². The molecule has 0 spiro atoms. The Hall–Kier alpha value is -3.23. The zero-order valence-corrected chi connectivity index (χ0v) is 11.6. The van der Waals surface area contributed by atoms with E-state index in [1.54, 1.807) is 0 Å². The van der Waals surface area contributed by atoms with Crippen LogP contribution in [0, 0.1) is 20.2 Å². The van der Waals surface area contributed by atoms with Gasteiger partial charge in [-0.2, -0.15) is 0 Å². The Morgan fingerprint density at radius 3 is 1.59 bits per heavy atom. The van der Waals surface area contributed by atoms with Gasteiger partial charge in [0.25, 0.3) is 11.4 Å². The Bertz CT molecular complexity index is 798. The van der Waals surface area contributed by atoms with Crippen LogP contribution in [0.2, 0.25) is 0 Å². The van der Waals surface area contributed by atoms with Crippen molar-refractivity contribution < 1.29 is 14.6 Å². The number of non-ortho nitro benzene ring substituents is 2. The highest BCUT2D eigenvalue weighted by Gasteiger charge is 2.34. The van der Waals surface area contributed by atoms with E-state index >= 15 is 0 Å². The summed E-state index contributed by atoms with van der Waals surface area (Å²) in [5, 5.41) is 22.7. The van der Waals surface area contributed by atoms with Gasteiger partial charge in [0.1, 0.15) is 5.39 Å². The van der Waals surface area contributed by atoms with E-state index in [0.29, 0.717) is 16.8 Å². The Morgan fingerprint density at radius 2 is 1.23 bits per heavy atom. The third-order valence-corrected chi connectivity index (χ3v) is 3.76. The Morgan fingerprint density at radius 1 is 0.818 bits per heavy atom. The first kappa shape index (κ1) is 13.7. The molecule has 0 bridgehead atoms. The van der Waals surface area contributed by atoms with E-state index in [2.05, 4.69) is 0 Å². The smallest absolute Gasteiger partial charge is 0.296 e.